The topological polar surface area (TPSA) is 101 Å². The number of urea groups is 1. The molecule has 0 aliphatic heterocycles. The average molecular weight is 273 g/mol. The number of rotatable bonds is 6. The van der Waals surface area contributed by atoms with Gasteiger partial charge in [0.1, 0.15) is 5.01 Å². The molecule has 0 spiro atoms. The molecule has 18 heavy (non-hydrogen) atoms. The number of aryl methyl sites for hydroxylation is 1. The van der Waals surface area contributed by atoms with Crippen LogP contribution in [0.5, 0.6) is 0 Å². The third-order valence-corrected chi connectivity index (χ3v) is 2.92. The van der Waals surface area contributed by atoms with Crippen molar-refractivity contribution < 1.29 is 19.4 Å². The van der Waals surface area contributed by atoms with E-state index in [1.807, 2.05) is 6.92 Å². The third kappa shape index (κ3) is 4.68. The van der Waals surface area contributed by atoms with Crippen LogP contribution in [-0.2, 0) is 16.1 Å². The van der Waals surface area contributed by atoms with Crippen molar-refractivity contribution in [2.24, 2.45) is 0 Å². The van der Waals surface area contributed by atoms with Crippen LogP contribution in [0.4, 0.5) is 4.79 Å². The van der Waals surface area contributed by atoms with Crippen LogP contribution in [0.1, 0.15) is 9.88 Å². The van der Waals surface area contributed by atoms with E-state index in [1.165, 1.54) is 18.4 Å². The summed E-state index contributed by atoms with van der Waals surface area (Å²) in [5, 5.41) is 14.4. The predicted octanol–water partition coefficient (Wildman–Crippen LogP) is 0.350. The second-order valence-electron chi connectivity index (χ2n) is 3.54. The molecule has 0 aliphatic carbocycles. The van der Waals surface area contributed by atoms with Crippen molar-refractivity contribution in [3.63, 3.8) is 0 Å². The number of carboxylic acids is 1. The van der Waals surface area contributed by atoms with Crippen LogP contribution in [0.2, 0.25) is 0 Å². The quantitative estimate of drug-likeness (QED) is 0.694. The Balaban J connectivity index is 2.38. The Morgan fingerprint density at radius 2 is 2.33 bits per heavy atom. The summed E-state index contributed by atoms with van der Waals surface area (Å²) in [6.45, 7) is 2.10. The highest BCUT2D eigenvalue weighted by Gasteiger charge is 2.19. The van der Waals surface area contributed by atoms with Gasteiger partial charge in [-0.05, 0) is 6.92 Å². The fourth-order valence-electron chi connectivity index (χ4n) is 1.19. The lowest BCUT2D eigenvalue weighted by atomic mass is 10.3. The second kappa shape index (κ2) is 6.92. The van der Waals surface area contributed by atoms with Gasteiger partial charge >= 0.3 is 12.0 Å². The molecule has 1 rings (SSSR count). The molecule has 1 aromatic rings. The normalized spacial score (nSPS) is 11.9. The summed E-state index contributed by atoms with van der Waals surface area (Å²) in [4.78, 5) is 27.3. The van der Waals surface area contributed by atoms with Crippen LogP contribution < -0.4 is 10.6 Å². The van der Waals surface area contributed by atoms with Crippen molar-refractivity contribution in [2.75, 3.05) is 13.7 Å². The number of hydrogen-bond acceptors (Lipinski definition) is 5. The number of carbonyl (C=O) groups is 2. The molecule has 3 N–H and O–H groups in total. The summed E-state index contributed by atoms with van der Waals surface area (Å²) in [6.07, 6.45) is 1.71. The van der Waals surface area contributed by atoms with Crippen LogP contribution >= 0.6 is 11.3 Å². The molecular weight excluding hydrogens is 258 g/mol. The van der Waals surface area contributed by atoms with Gasteiger partial charge in [-0.2, -0.15) is 0 Å². The maximum atomic E-state index is 11.4. The lowest BCUT2D eigenvalue weighted by molar-refractivity contribution is -0.140. The summed E-state index contributed by atoms with van der Waals surface area (Å²) in [7, 11) is 1.37. The monoisotopic (exact) mass is 273 g/mol. The van der Waals surface area contributed by atoms with Crippen LogP contribution in [0.3, 0.4) is 0 Å². The van der Waals surface area contributed by atoms with Crippen molar-refractivity contribution in [3.05, 3.63) is 16.1 Å². The summed E-state index contributed by atoms with van der Waals surface area (Å²) in [5.41, 5.74) is 0. The number of amides is 2. The van der Waals surface area contributed by atoms with E-state index in [4.69, 9.17) is 9.84 Å². The molecule has 1 aromatic heterocycles. The fraction of sp³-hybridized carbons (Fsp3) is 0.500. The minimum atomic E-state index is -1.14. The van der Waals surface area contributed by atoms with Crippen molar-refractivity contribution >= 4 is 23.3 Å². The van der Waals surface area contributed by atoms with Gasteiger partial charge in [0.05, 0.1) is 13.2 Å². The number of thiazole rings is 1. The number of nitrogens with one attached hydrogen (secondary N) is 2. The van der Waals surface area contributed by atoms with Crippen molar-refractivity contribution in [2.45, 2.75) is 19.5 Å². The first-order valence-electron chi connectivity index (χ1n) is 5.20. The van der Waals surface area contributed by atoms with E-state index in [2.05, 4.69) is 15.6 Å². The Bertz CT molecular complexity index is 421. The Kier molecular flexibility index (Phi) is 5.53. The van der Waals surface area contributed by atoms with Gasteiger partial charge in [-0.1, -0.05) is 0 Å². The zero-order valence-electron chi connectivity index (χ0n) is 10.1. The standard InChI is InChI=1S/C10H15N3O4S/c1-6-3-11-8(18-6)4-12-10(16)13-7(5-17-2)9(14)15/h3,7H,4-5H2,1-2H3,(H,14,15)(H2,12,13,16). The first kappa shape index (κ1) is 14.4. The first-order valence-corrected chi connectivity index (χ1v) is 6.02. The maximum Gasteiger partial charge on any atom is 0.328 e. The van der Waals surface area contributed by atoms with E-state index < -0.39 is 18.0 Å². The largest absolute Gasteiger partial charge is 0.480 e. The van der Waals surface area contributed by atoms with Crippen molar-refractivity contribution in [3.8, 4) is 0 Å². The summed E-state index contributed by atoms with van der Waals surface area (Å²) >= 11 is 1.47. The van der Waals surface area contributed by atoms with E-state index in [1.54, 1.807) is 6.20 Å². The van der Waals surface area contributed by atoms with E-state index in [-0.39, 0.29) is 13.2 Å². The maximum absolute atomic E-state index is 11.4. The van der Waals surface area contributed by atoms with Crippen molar-refractivity contribution in [1.29, 1.82) is 0 Å². The van der Waals surface area contributed by atoms with Gasteiger partial charge in [0, 0.05) is 18.2 Å². The van der Waals surface area contributed by atoms with Crippen molar-refractivity contribution in [1.82, 2.24) is 15.6 Å². The minimum absolute atomic E-state index is 0.0842. The van der Waals surface area contributed by atoms with E-state index in [0.717, 1.165) is 9.88 Å². The summed E-state index contributed by atoms with van der Waals surface area (Å²) in [6, 6.07) is -1.62. The fourth-order valence-corrected chi connectivity index (χ4v) is 1.92. The molecule has 2 amide bonds. The molecule has 0 aliphatic rings. The number of ether oxygens (including phenoxy) is 1. The molecule has 0 radical (unpaired) electrons. The van der Waals surface area contributed by atoms with E-state index in [9.17, 15) is 9.59 Å². The number of carbonyl (C=O) groups excluding carboxylic acids is 1. The molecule has 7 nitrogen and oxygen atoms in total. The van der Waals surface area contributed by atoms with Gasteiger partial charge in [-0.3, -0.25) is 0 Å². The Morgan fingerprint density at radius 3 is 2.83 bits per heavy atom. The van der Waals surface area contributed by atoms with E-state index in [0.29, 0.717) is 0 Å². The number of hydrogen-bond donors (Lipinski definition) is 3. The second-order valence-corrected chi connectivity index (χ2v) is 4.86. The molecule has 1 atom stereocenters. The van der Waals surface area contributed by atoms with Gasteiger partial charge in [-0.25, -0.2) is 14.6 Å². The molecule has 1 unspecified atom stereocenters. The number of methoxy groups -OCH3 is 1. The summed E-state index contributed by atoms with van der Waals surface area (Å²) < 4.78 is 4.70. The Hall–Kier alpha value is -1.67. The number of nitrogens with zero attached hydrogens (tertiary/aromatic N) is 1. The SMILES string of the molecule is COCC(NC(=O)NCc1ncc(C)s1)C(=O)O. The molecule has 0 saturated carbocycles. The molecule has 8 heteroatoms. The number of aromatic nitrogens is 1. The lowest BCUT2D eigenvalue weighted by Gasteiger charge is -2.13. The van der Waals surface area contributed by atoms with Crippen LogP contribution in [-0.4, -0.2) is 41.8 Å². The smallest absolute Gasteiger partial charge is 0.328 e. The Morgan fingerprint density at radius 1 is 1.61 bits per heavy atom. The highest BCUT2D eigenvalue weighted by Crippen LogP contribution is 2.10. The Labute approximate surface area is 108 Å². The molecule has 0 saturated heterocycles. The minimum Gasteiger partial charge on any atom is -0.480 e. The van der Waals surface area contributed by atoms with Crippen LogP contribution in [0, 0.1) is 6.92 Å². The van der Waals surface area contributed by atoms with Gasteiger partial charge in [0.2, 0.25) is 0 Å². The van der Waals surface area contributed by atoms with Gasteiger partial charge < -0.3 is 20.5 Å². The molecule has 100 valence electrons. The predicted molar refractivity (Wildman–Crippen MR) is 65.5 cm³/mol. The van der Waals surface area contributed by atoms with Crippen LogP contribution in [0.25, 0.3) is 0 Å². The lowest BCUT2D eigenvalue weighted by Crippen LogP contribution is -2.48. The van der Waals surface area contributed by atoms with Gasteiger partial charge in [-0.15, -0.1) is 11.3 Å². The number of carboxylic acid groups (broad SMARTS) is 1. The van der Waals surface area contributed by atoms with Gasteiger partial charge in [0.15, 0.2) is 6.04 Å². The zero-order valence-corrected chi connectivity index (χ0v) is 10.9. The number of aliphatic carboxylic acids is 1. The summed E-state index contributed by atoms with van der Waals surface area (Å²) in [5.74, 6) is -1.14. The molecule has 0 bridgehead atoms. The van der Waals surface area contributed by atoms with E-state index >= 15 is 0 Å². The zero-order chi connectivity index (χ0) is 13.5. The van der Waals surface area contributed by atoms with Crippen LogP contribution in [0.15, 0.2) is 6.20 Å². The van der Waals surface area contributed by atoms with Gasteiger partial charge in [0.25, 0.3) is 0 Å². The molecular formula is C10H15N3O4S. The highest BCUT2D eigenvalue weighted by molar-refractivity contribution is 7.11. The highest BCUT2D eigenvalue weighted by atomic mass is 32.1. The molecule has 0 aromatic carbocycles. The first-order chi connectivity index (χ1) is 8.52. The molecule has 1 heterocycles. The molecule has 0 fully saturated rings. The average Bonchev–Trinajstić information content (AvgIpc) is 2.72. The third-order valence-electron chi connectivity index (χ3n) is 2.01.